The Morgan fingerprint density at radius 2 is 2.00 bits per heavy atom. The molecule has 0 saturated carbocycles. The highest BCUT2D eigenvalue weighted by molar-refractivity contribution is 9.10. The molecule has 0 aliphatic carbocycles. The maximum atomic E-state index is 8.95. The van der Waals surface area contributed by atoms with Gasteiger partial charge in [-0.15, -0.1) is 5.10 Å². The zero-order valence-corrected chi connectivity index (χ0v) is 8.72. The summed E-state index contributed by atoms with van der Waals surface area (Å²) < 4.78 is 2.48. The number of aromatic nitrogens is 4. The van der Waals surface area contributed by atoms with E-state index in [1.165, 1.54) is 4.68 Å². The highest BCUT2D eigenvalue weighted by Crippen LogP contribution is 2.13. The number of hydrogen-bond acceptors (Lipinski definition) is 4. The Morgan fingerprint density at radius 1 is 1.29 bits per heavy atom. The van der Waals surface area contributed by atoms with Crippen molar-refractivity contribution in [2.45, 2.75) is 6.61 Å². The van der Waals surface area contributed by atoms with Gasteiger partial charge in [-0.05, 0) is 34.7 Å². The van der Waals surface area contributed by atoms with Crippen LogP contribution in [0.25, 0.3) is 5.69 Å². The summed E-state index contributed by atoms with van der Waals surface area (Å²) >= 11 is 3.33. The lowest BCUT2D eigenvalue weighted by atomic mass is 10.3. The number of halogens is 1. The molecule has 2 aromatic rings. The third kappa shape index (κ3) is 1.66. The van der Waals surface area contributed by atoms with Gasteiger partial charge in [0.05, 0.1) is 5.69 Å². The summed E-state index contributed by atoms with van der Waals surface area (Å²) in [6.45, 7) is -0.178. The second-order valence-corrected chi connectivity index (χ2v) is 3.56. The van der Waals surface area contributed by atoms with E-state index in [0.29, 0.717) is 5.82 Å². The minimum absolute atomic E-state index is 0.178. The summed E-state index contributed by atoms with van der Waals surface area (Å²) in [5, 5.41) is 19.9. The van der Waals surface area contributed by atoms with Crippen LogP contribution in [0.4, 0.5) is 0 Å². The molecule has 2 rings (SSSR count). The second-order valence-electron chi connectivity index (χ2n) is 2.64. The first-order valence-corrected chi connectivity index (χ1v) is 4.74. The fourth-order valence-electron chi connectivity index (χ4n) is 1.09. The third-order valence-corrected chi connectivity index (χ3v) is 2.28. The van der Waals surface area contributed by atoms with E-state index in [-0.39, 0.29) is 6.61 Å². The van der Waals surface area contributed by atoms with Crippen LogP contribution in [0.2, 0.25) is 0 Å². The van der Waals surface area contributed by atoms with Crippen LogP contribution in [0.1, 0.15) is 5.82 Å². The predicted molar refractivity (Wildman–Crippen MR) is 52.8 cm³/mol. The molecule has 14 heavy (non-hydrogen) atoms. The monoisotopic (exact) mass is 254 g/mol. The van der Waals surface area contributed by atoms with E-state index in [4.69, 9.17) is 5.11 Å². The van der Waals surface area contributed by atoms with E-state index in [0.717, 1.165) is 10.2 Å². The van der Waals surface area contributed by atoms with Crippen LogP contribution in [-0.4, -0.2) is 25.3 Å². The van der Waals surface area contributed by atoms with Crippen molar-refractivity contribution < 1.29 is 5.11 Å². The van der Waals surface area contributed by atoms with E-state index in [1.54, 1.807) is 0 Å². The molecule has 1 aromatic carbocycles. The molecule has 1 aromatic heterocycles. The third-order valence-electron chi connectivity index (χ3n) is 1.75. The molecule has 0 amide bonds. The van der Waals surface area contributed by atoms with Gasteiger partial charge in [0.25, 0.3) is 0 Å². The molecule has 1 heterocycles. The predicted octanol–water partition coefficient (Wildman–Crippen LogP) is 0.917. The fourth-order valence-corrected chi connectivity index (χ4v) is 1.35. The lowest BCUT2D eigenvalue weighted by Gasteiger charge is -2.01. The zero-order chi connectivity index (χ0) is 9.97. The van der Waals surface area contributed by atoms with E-state index in [2.05, 4.69) is 31.5 Å². The van der Waals surface area contributed by atoms with Crippen LogP contribution >= 0.6 is 15.9 Å². The number of aliphatic hydroxyl groups is 1. The average Bonchev–Trinajstić information content (AvgIpc) is 2.67. The summed E-state index contributed by atoms with van der Waals surface area (Å²) in [4.78, 5) is 0. The molecule has 0 saturated heterocycles. The molecule has 72 valence electrons. The largest absolute Gasteiger partial charge is 0.388 e. The van der Waals surface area contributed by atoms with Crippen molar-refractivity contribution >= 4 is 15.9 Å². The van der Waals surface area contributed by atoms with Gasteiger partial charge in [-0.3, -0.25) is 0 Å². The lowest BCUT2D eigenvalue weighted by molar-refractivity contribution is 0.268. The van der Waals surface area contributed by atoms with Gasteiger partial charge >= 0.3 is 0 Å². The SMILES string of the molecule is OCc1nnnn1-c1ccc(Br)cc1. The van der Waals surface area contributed by atoms with Crippen molar-refractivity contribution in [3.05, 3.63) is 34.6 Å². The Balaban J connectivity index is 2.44. The smallest absolute Gasteiger partial charge is 0.182 e. The minimum atomic E-state index is -0.178. The van der Waals surface area contributed by atoms with Crippen LogP contribution in [0.15, 0.2) is 28.7 Å². The standard InChI is InChI=1S/C8H7BrN4O/c9-6-1-3-7(4-2-6)13-8(5-14)10-11-12-13/h1-4,14H,5H2. The first kappa shape index (κ1) is 9.29. The molecule has 1 N–H and O–H groups in total. The van der Waals surface area contributed by atoms with Crippen LogP contribution in [0.5, 0.6) is 0 Å². The molecule has 0 unspecified atom stereocenters. The van der Waals surface area contributed by atoms with Gasteiger partial charge in [0.15, 0.2) is 5.82 Å². The Kier molecular flexibility index (Phi) is 2.55. The van der Waals surface area contributed by atoms with Crippen molar-refractivity contribution in [1.82, 2.24) is 20.2 Å². The first-order valence-electron chi connectivity index (χ1n) is 3.95. The van der Waals surface area contributed by atoms with Gasteiger partial charge < -0.3 is 5.11 Å². The number of hydrogen-bond donors (Lipinski definition) is 1. The molecule has 5 nitrogen and oxygen atoms in total. The summed E-state index contributed by atoms with van der Waals surface area (Å²) in [5.41, 5.74) is 0.822. The van der Waals surface area contributed by atoms with Crippen molar-refractivity contribution in [3.63, 3.8) is 0 Å². The van der Waals surface area contributed by atoms with Crippen molar-refractivity contribution in [2.24, 2.45) is 0 Å². The molecule has 0 aliphatic rings. The van der Waals surface area contributed by atoms with Crippen LogP contribution in [0, 0.1) is 0 Å². The van der Waals surface area contributed by atoms with E-state index < -0.39 is 0 Å². The maximum Gasteiger partial charge on any atom is 0.182 e. The van der Waals surface area contributed by atoms with Crippen LogP contribution in [0.3, 0.4) is 0 Å². The average molecular weight is 255 g/mol. The topological polar surface area (TPSA) is 63.8 Å². The molecule has 0 bridgehead atoms. The Morgan fingerprint density at radius 3 is 2.64 bits per heavy atom. The van der Waals surface area contributed by atoms with Crippen LogP contribution in [-0.2, 0) is 6.61 Å². The van der Waals surface area contributed by atoms with Gasteiger partial charge in [0.1, 0.15) is 6.61 Å². The maximum absolute atomic E-state index is 8.95. The molecule has 0 aliphatic heterocycles. The highest BCUT2D eigenvalue weighted by atomic mass is 79.9. The molecule has 0 spiro atoms. The summed E-state index contributed by atoms with van der Waals surface area (Å²) in [5.74, 6) is 0.423. The van der Waals surface area contributed by atoms with E-state index >= 15 is 0 Å². The normalized spacial score (nSPS) is 10.4. The number of benzene rings is 1. The van der Waals surface area contributed by atoms with Crippen molar-refractivity contribution in [3.8, 4) is 5.69 Å². The number of nitrogens with zero attached hydrogens (tertiary/aromatic N) is 4. The Bertz CT molecular complexity index is 425. The molecule has 0 fully saturated rings. The molecular formula is C8H7BrN4O. The Hall–Kier alpha value is -1.27. The van der Waals surface area contributed by atoms with Gasteiger partial charge in [0, 0.05) is 4.47 Å². The van der Waals surface area contributed by atoms with Crippen LogP contribution < -0.4 is 0 Å². The van der Waals surface area contributed by atoms with E-state index in [1.807, 2.05) is 24.3 Å². The number of tetrazole rings is 1. The molecule has 6 heteroatoms. The zero-order valence-electron chi connectivity index (χ0n) is 7.13. The van der Waals surface area contributed by atoms with Gasteiger partial charge in [-0.1, -0.05) is 15.9 Å². The summed E-state index contributed by atoms with van der Waals surface area (Å²) in [6, 6.07) is 7.50. The van der Waals surface area contributed by atoms with Gasteiger partial charge in [-0.2, -0.15) is 4.68 Å². The lowest BCUT2D eigenvalue weighted by Crippen LogP contribution is -2.02. The summed E-state index contributed by atoms with van der Waals surface area (Å²) in [7, 11) is 0. The highest BCUT2D eigenvalue weighted by Gasteiger charge is 2.05. The van der Waals surface area contributed by atoms with Crippen molar-refractivity contribution in [2.75, 3.05) is 0 Å². The quantitative estimate of drug-likeness (QED) is 0.866. The van der Waals surface area contributed by atoms with Gasteiger partial charge in [0.2, 0.25) is 0 Å². The van der Waals surface area contributed by atoms with Crippen molar-refractivity contribution in [1.29, 1.82) is 0 Å². The number of rotatable bonds is 2. The summed E-state index contributed by atoms with van der Waals surface area (Å²) in [6.07, 6.45) is 0. The molecular weight excluding hydrogens is 248 g/mol. The number of aliphatic hydroxyl groups excluding tert-OH is 1. The Labute approximate surface area is 88.5 Å². The van der Waals surface area contributed by atoms with Gasteiger partial charge in [-0.25, -0.2) is 0 Å². The second kappa shape index (κ2) is 3.85. The minimum Gasteiger partial charge on any atom is -0.388 e. The first-order chi connectivity index (χ1) is 6.81. The molecule has 0 atom stereocenters. The fraction of sp³-hybridized carbons (Fsp3) is 0.125. The molecule has 0 radical (unpaired) electrons. The van der Waals surface area contributed by atoms with E-state index in [9.17, 15) is 0 Å².